The van der Waals surface area contributed by atoms with Crippen molar-refractivity contribution in [3.8, 4) is 11.8 Å². The second-order valence-electron chi connectivity index (χ2n) is 5.84. The number of nitrogens with one attached hydrogen (secondary N) is 1. The molecule has 0 aliphatic heterocycles. The molecule has 0 unspecified atom stereocenters. The van der Waals surface area contributed by atoms with Gasteiger partial charge in [-0.3, -0.25) is 0 Å². The Hall–Kier alpha value is -1.87. The van der Waals surface area contributed by atoms with Gasteiger partial charge >= 0.3 is 0 Å². The maximum atomic E-state index is 12.3. The lowest BCUT2D eigenvalue weighted by Crippen LogP contribution is -2.34. The summed E-state index contributed by atoms with van der Waals surface area (Å²) in [6, 6.07) is 12.7. The van der Waals surface area contributed by atoms with Crippen molar-refractivity contribution < 1.29 is 13.5 Å². The molecule has 0 atom stereocenters. The van der Waals surface area contributed by atoms with Crippen molar-refractivity contribution in [2.45, 2.75) is 36.2 Å². The van der Waals surface area contributed by atoms with Crippen molar-refractivity contribution in [1.82, 2.24) is 4.72 Å². The van der Waals surface area contributed by atoms with Crippen molar-refractivity contribution in [3.05, 3.63) is 42.5 Å². The lowest BCUT2D eigenvalue weighted by molar-refractivity contribution is 0.0239. The highest BCUT2D eigenvalue weighted by Gasteiger charge is 2.31. The van der Waals surface area contributed by atoms with E-state index in [-0.39, 0.29) is 11.4 Å². The average molecular weight is 329 g/mol. The van der Waals surface area contributed by atoms with Crippen LogP contribution in [0.1, 0.15) is 25.7 Å². The van der Waals surface area contributed by atoms with Gasteiger partial charge in [0.15, 0.2) is 0 Å². The quantitative estimate of drug-likeness (QED) is 0.669. The van der Waals surface area contributed by atoms with E-state index < -0.39 is 15.6 Å². The molecule has 4 nitrogen and oxygen atoms in total. The Morgan fingerprint density at radius 3 is 2.57 bits per heavy atom. The lowest BCUT2D eigenvalue weighted by Gasteiger charge is -2.30. The highest BCUT2D eigenvalue weighted by Crippen LogP contribution is 2.30. The van der Waals surface area contributed by atoms with E-state index in [4.69, 9.17) is 0 Å². The van der Waals surface area contributed by atoms with Gasteiger partial charge in [-0.1, -0.05) is 42.2 Å². The fourth-order valence-electron chi connectivity index (χ4n) is 2.53. The van der Waals surface area contributed by atoms with Crippen LogP contribution < -0.4 is 4.72 Å². The van der Waals surface area contributed by atoms with Crippen molar-refractivity contribution >= 4 is 20.8 Å². The third kappa shape index (κ3) is 3.73. The molecule has 2 N–H and O–H groups in total. The first-order valence-corrected chi connectivity index (χ1v) is 9.18. The Labute approximate surface area is 136 Å². The average Bonchev–Trinajstić information content (AvgIpc) is 2.52. The predicted molar refractivity (Wildman–Crippen MR) is 90.3 cm³/mol. The first-order valence-electron chi connectivity index (χ1n) is 7.69. The van der Waals surface area contributed by atoms with Crippen molar-refractivity contribution in [1.29, 1.82) is 0 Å². The van der Waals surface area contributed by atoms with Crippen LogP contribution in [0.15, 0.2) is 47.4 Å². The summed E-state index contributed by atoms with van der Waals surface area (Å²) >= 11 is 0. The highest BCUT2D eigenvalue weighted by atomic mass is 32.2. The summed E-state index contributed by atoms with van der Waals surface area (Å²) in [5, 5.41) is 11.7. The summed E-state index contributed by atoms with van der Waals surface area (Å²) in [6.07, 6.45) is 2.81. The van der Waals surface area contributed by atoms with Crippen LogP contribution in [0, 0.1) is 11.8 Å². The molecular weight excluding hydrogens is 310 g/mol. The molecule has 0 heterocycles. The van der Waals surface area contributed by atoms with Crippen LogP contribution in [-0.4, -0.2) is 25.7 Å². The van der Waals surface area contributed by atoms with Gasteiger partial charge in [-0.2, -0.15) is 0 Å². The Bertz CT molecular complexity index is 874. The van der Waals surface area contributed by atoms with E-state index in [1.54, 1.807) is 18.2 Å². The molecule has 0 aromatic heterocycles. The van der Waals surface area contributed by atoms with Gasteiger partial charge < -0.3 is 5.11 Å². The summed E-state index contributed by atoms with van der Waals surface area (Å²) < 4.78 is 27.1. The number of benzene rings is 2. The molecular formula is C18H19NO3S. The van der Waals surface area contributed by atoms with Crippen LogP contribution in [0.2, 0.25) is 0 Å². The Balaban J connectivity index is 1.63. The van der Waals surface area contributed by atoms with Crippen molar-refractivity contribution in [2.24, 2.45) is 0 Å². The van der Waals surface area contributed by atoms with Crippen LogP contribution in [0.4, 0.5) is 0 Å². The van der Waals surface area contributed by atoms with Gasteiger partial charge in [-0.05, 0) is 42.2 Å². The molecule has 3 rings (SSSR count). The third-order valence-corrected chi connectivity index (χ3v) is 5.53. The Morgan fingerprint density at radius 1 is 1.13 bits per heavy atom. The molecule has 0 bridgehead atoms. The normalized spacial score (nSPS) is 16.4. The van der Waals surface area contributed by atoms with E-state index in [9.17, 15) is 13.5 Å². The molecule has 1 aliphatic carbocycles. The zero-order valence-electron chi connectivity index (χ0n) is 12.7. The van der Waals surface area contributed by atoms with Gasteiger partial charge in [-0.15, -0.1) is 0 Å². The summed E-state index contributed by atoms with van der Waals surface area (Å²) in [5.74, 6) is 5.67. The number of fused-ring (bicyclic) bond motifs is 1. The van der Waals surface area contributed by atoms with Crippen LogP contribution in [0.5, 0.6) is 0 Å². The largest absolute Gasteiger partial charge is 0.378 e. The van der Waals surface area contributed by atoms with Crippen molar-refractivity contribution in [3.63, 3.8) is 0 Å². The lowest BCUT2D eigenvalue weighted by atomic mass is 9.81. The van der Waals surface area contributed by atoms with Gasteiger partial charge in [0, 0.05) is 13.0 Å². The maximum Gasteiger partial charge on any atom is 0.240 e. The van der Waals surface area contributed by atoms with E-state index in [2.05, 4.69) is 16.6 Å². The number of sulfonamides is 1. The molecule has 0 spiro atoms. The molecule has 1 fully saturated rings. The van der Waals surface area contributed by atoms with Gasteiger partial charge in [-0.25, -0.2) is 13.1 Å². The molecule has 1 saturated carbocycles. The second-order valence-corrected chi connectivity index (χ2v) is 7.61. The number of rotatable bonds is 4. The van der Waals surface area contributed by atoms with E-state index in [1.165, 1.54) is 0 Å². The molecule has 23 heavy (non-hydrogen) atoms. The van der Waals surface area contributed by atoms with Gasteiger partial charge in [0.25, 0.3) is 0 Å². The fraction of sp³-hybridized carbons (Fsp3) is 0.333. The van der Waals surface area contributed by atoms with Crippen molar-refractivity contribution in [2.75, 3.05) is 6.54 Å². The molecule has 0 amide bonds. The Morgan fingerprint density at radius 2 is 1.87 bits per heavy atom. The first-order chi connectivity index (χ1) is 11.0. The van der Waals surface area contributed by atoms with E-state index in [0.29, 0.717) is 19.3 Å². The SMILES string of the molecule is O=S(=O)(NCCC#CC1(O)CCC1)c1ccc2ccccc2c1. The molecule has 1 aliphatic rings. The van der Waals surface area contributed by atoms with Crippen LogP contribution >= 0.6 is 0 Å². The smallest absolute Gasteiger partial charge is 0.240 e. The Kier molecular flexibility index (Phi) is 4.40. The zero-order chi connectivity index (χ0) is 16.3. The monoisotopic (exact) mass is 329 g/mol. The minimum Gasteiger partial charge on any atom is -0.378 e. The second kappa shape index (κ2) is 6.32. The van der Waals surface area contributed by atoms with Gasteiger partial charge in [0.05, 0.1) is 4.90 Å². The first kappa shape index (κ1) is 16.0. The maximum absolute atomic E-state index is 12.3. The number of aliphatic hydroxyl groups is 1. The minimum atomic E-state index is -3.54. The minimum absolute atomic E-state index is 0.234. The van der Waals surface area contributed by atoms with E-state index in [0.717, 1.165) is 17.2 Å². The molecule has 120 valence electrons. The standard InChI is InChI=1S/C18H19NO3S/c20-18(11-5-12-18)10-3-4-13-19-23(21,22)17-9-8-15-6-1-2-7-16(15)14-17/h1-2,6-9,14,19-20H,4-5,11-13H2. The number of hydrogen-bond donors (Lipinski definition) is 2. The highest BCUT2D eigenvalue weighted by molar-refractivity contribution is 7.89. The van der Waals surface area contributed by atoms with E-state index >= 15 is 0 Å². The zero-order valence-corrected chi connectivity index (χ0v) is 13.6. The third-order valence-electron chi connectivity index (χ3n) is 4.08. The summed E-state index contributed by atoms with van der Waals surface area (Å²) in [6.45, 7) is 0.234. The number of hydrogen-bond acceptors (Lipinski definition) is 3. The molecule has 0 radical (unpaired) electrons. The molecule has 2 aromatic rings. The van der Waals surface area contributed by atoms with E-state index in [1.807, 2.05) is 24.3 Å². The van der Waals surface area contributed by atoms with Crippen LogP contribution in [0.25, 0.3) is 10.8 Å². The van der Waals surface area contributed by atoms with Crippen LogP contribution in [-0.2, 0) is 10.0 Å². The summed E-state index contributed by atoms with van der Waals surface area (Å²) in [7, 11) is -3.54. The molecule has 2 aromatic carbocycles. The molecule has 0 saturated heterocycles. The van der Waals surface area contributed by atoms with Gasteiger partial charge in [0.1, 0.15) is 5.60 Å². The van der Waals surface area contributed by atoms with Crippen LogP contribution in [0.3, 0.4) is 0 Å². The van der Waals surface area contributed by atoms with Gasteiger partial charge in [0.2, 0.25) is 10.0 Å². The predicted octanol–water partition coefficient (Wildman–Crippen LogP) is 2.43. The fourth-order valence-corrected chi connectivity index (χ4v) is 3.60. The topological polar surface area (TPSA) is 66.4 Å². The summed E-state index contributed by atoms with van der Waals surface area (Å²) in [4.78, 5) is 0.252. The molecule has 5 heteroatoms. The summed E-state index contributed by atoms with van der Waals surface area (Å²) in [5.41, 5.74) is -0.836.